The molecule has 2 aromatic carbocycles. The zero-order valence-corrected chi connectivity index (χ0v) is 20.3. The third-order valence-corrected chi connectivity index (χ3v) is 8.20. The number of nitrogens with zero attached hydrogens (tertiary/aromatic N) is 4. The molecule has 6 rings (SSSR count). The number of piperazine rings is 1. The van der Waals surface area contributed by atoms with Crippen LogP contribution in [0.25, 0.3) is 0 Å². The third kappa shape index (κ3) is 4.04. The molecular weight excluding hydrogens is 443 g/mol. The number of carbonyl (C=O) groups excluding carboxylic acids is 1. The highest BCUT2D eigenvalue weighted by Crippen LogP contribution is 2.48. The topological polar surface area (TPSA) is 48.4 Å². The molecule has 0 amide bonds. The summed E-state index contributed by atoms with van der Waals surface area (Å²) in [5, 5.41) is 6.70. The van der Waals surface area contributed by atoms with Crippen LogP contribution < -0.4 is 9.75 Å². The van der Waals surface area contributed by atoms with Gasteiger partial charge in [0.25, 0.3) is 0 Å². The van der Waals surface area contributed by atoms with Crippen LogP contribution in [-0.4, -0.2) is 72.7 Å². The van der Waals surface area contributed by atoms with Crippen molar-refractivity contribution in [2.45, 2.75) is 50.1 Å². The van der Waals surface area contributed by atoms with Gasteiger partial charge in [-0.25, -0.2) is 4.39 Å². The lowest BCUT2D eigenvalue weighted by Gasteiger charge is -2.42. The van der Waals surface area contributed by atoms with Crippen molar-refractivity contribution in [3.05, 3.63) is 59.9 Å². The maximum atomic E-state index is 14.2. The number of ketones is 1. The molecule has 184 valence electrons. The van der Waals surface area contributed by atoms with Gasteiger partial charge < -0.3 is 9.64 Å². The normalized spacial score (nSPS) is 26.6. The van der Waals surface area contributed by atoms with E-state index >= 15 is 0 Å². The second kappa shape index (κ2) is 9.03. The molecule has 6 nitrogen and oxygen atoms in total. The second-order valence-electron chi connectivity index (χ2n) is 10.3. The molecule has 1 saturated heterocycles. The van der Waals surface area contributed by atoms with Crippen molar-refractivity contribution in [2.75, 3.05) is 44.3 Å². The maximum Gasteiger partial charge on any atom is 0.176 e. The number of anilines is 1. The molecule has 3 heterocycles. The van der Waals surface area contributed by atoms with Crippen LogP contribution >= 0.6 is 0 Å². The van der Waals surface area contributed by atoms with Gasteiger partial charge in [-0.15, -0.1) is 0 Å². The standard InChI is InChI=1S/C28H33FN4O2/c1-20(34)27-28(21-6-3-2-4-7-21,12-5-13-31-14-16-32(17-15-31)23-9-10-23)26-19-35-25-11-8-22(29)18-24(25)33(26)30-27/h2-4,6-8,11,18,23,26H,5,9-10,12-17,19H2,1H3/t26?,28-/m0/s1. The number of carbonyl (C=O) groups is 1. The maximum absolute atomic E-state index is 14.2. The van der Waals surface area contributed by atoms with Crippen molar-refractivity contribution in [2.24, 2.45) is 5.10 Å². The predicted octanol–water partition coefficient (Wildman–Crippen LogP) is 3.85. The summed E-state index contributed by atoms with van der Waals surface area (Å²) in [7, 11) is 0. The first-order chi connectivity index (χ1) is 17.1. The van der Waals surface area contributed by atoms with E-state index in [4.69, 9.17) is 9.84 Å². The molecule has 1 aliphatic carbocycles. The molecule has 2 fully saturated rings. The molecule has 0 radical (unpaired) electrons. The fraction of sp³-hybridized carbons (Fsp3) is 0.500. The summed E-state index contributed by atoms with van der Waals surface area (Å²) in [6.45, 7) is 7.51. The number of halogens is 1. The van der Waals surface area contributed by atoms with Crippen molar-refractivity contribution in [1.82, 2.24) is 9.80 Å². The molecule has 2 atom stereocenters. The highest BCUT2D eigenvalue weighted by atomic mass is 19.1. The van der Waals surface area contributed by atoms with E-state index < -0.39 is 5.41 Å². The smallest absolute Gasteiger partial charge is 0.176 e. The quantitative estimate of drug-likeness (QED) is 0.608. The van der Waals surface area contributed by atoms with Crippen LogP contribution in [-0.2, 0) is 10.2 Å². The summed E-state index contributed by atoms with van der Waals surface area (Å²) in [5.41, 5.74) is 1.61. The third-order valence-electron chi connectivity index (χ3n) is 8.20. The zero-order valence-electron chi connectivity index (χ0n) is 20.3. The largest absolute Gasteiger partial charge is 0.489 e. The molecule has 3 aliphatic heterocycles. The number of rotatable bonds is 7. The van der Waals surface area contributed by atoms with Gasteiger partial charge in [0, 0.05) is 45.2 Å². The fourth-order valence-corrected chi connectivity index (χ4v) is 6.28. The Bertz CT molecular complexity index is 1130. The molecule has 0 spiro atoms. The number of hydrogen-bond donors (Lipinski definition) is 0. The van der Waals surface area contributed by atoms with Gasteiger partial charge in [-0.1, -0.05) is 30.3 Å². The number of Topliss-reactive ketones (excluding diaryl/α,β-unsaturated/α-hetero) is 1. The molecule has 0 aromatic heterocycles. The van der Waals surface area contributed by atoms with Crippen molar-refractivity contribution in [1.29, 1.82) is 0 Å². The second-order valence-corrected chi connectivity index (χ2v) is 10.3. The average Bonchev–Trinajstić information content (AvgIpc) is 3.67. The van der Waals surface area contributed by atoms with Crippen LogP contribution in [0.2, 0.25) is 0 Å². The molecular formula is C28H33FN4O2. The lowest BCUT2D eigenvalue weighted by atomic mass is 9.67. The summed E-state index contributed by atoms with van der Waals surface area (Å²) in [6.07, 6.45) is 4.46. The van der Waals surface area contributed by atoms with E-state index in [1.165, 1.54) is 25.0 Å². The number of fused-ring (bicyclic) bond motifs is 3. The van der Waals surface area contributed by atoms with Crippen LogP contribution in [0.3, 0.4) is 0 Å². The average molecular weight is 477 g/mol. The number of benzene rings is 2. The van der Waals surface area contributed by atoms with E-state index in [1.807, 2.05) is 23.2 Å². The predicted molar refractivity (Wildman–Crippen MR) is 135 cm³/mol. The zero-order chi connectivity index (χ0) is 24.0. The fourth-order valence-electron chi connectivity index (χ4n) is 6.28. The molecule has 0 N–H and O–H groups in total. The van der Waals surface area contributed by atoms with E-state index in [0.29, 0.717) is 23.8 Å². The molecule has 4 aliphatic rings. The minimum atomic E-state index is -0.604. The summed E-state index contributed by atoms with van der Waals surface area (Å²) >= 11 is 0. The Balaban J connectivity index is 1.29. The first-order valence-corrected chi connectivity index (χ1v) is 12.9. The minimum absolute atomic E-state index is 0.0424. The van der Waals surface area contributed by atoms with E-state index in [1.54, 1.807) is 13.0 Å². The van der Waals surface area contributed by atoms with Crippen LogP contribution in [0.4, 0.5) is 10.1 Å². The van der Waals surface area contributed by atoms with Crippen LogP contribution in [0.5, 0.6) is 5.75 Å². The van der Waals surface area contributed by atoms with Crippen molar-refractivity contribution < 1.29 is 13.9 Å². The van der Waals surface area contributed by atoms with Gasteiger partial charge in [-0.2, -0.15) is 5.10 Å². The molecule has 2 aromatic rings. The van der Waals surface area contributed by atoms with Gasteiger partial charge in [0.15, 0.2) is 5.78 Å². The van der Waals surface area contributed by atoms with E-state index in [-0.39, 0.29) is 17.6 Å². The highest BCUT2D eigenvalue weighted by molar-refractivity contribution is 6.43. The van der Waals surface area contributed by atoms with Gasteiger partial charge in [-0.05, 0) is 49.9 Å². The lowest BCUT2D eigenvalue weighted by Crippen LogP contribution is -2.54. The van der Waals surface area contributed by atoms with Crippen molar-refractivity contribution >= 4 is 17.2 Å². The van der Waals surface area contributed by atoms with Gasteiger partial charge in [0.1, 0.15) is 35.6 Å². The Labute approximate surface area is 206 Å². The number of hydrazone groups is 1. The van der Waals surface area contributed by atoms with Gasteiger partial charge >= 0.3 is 0 Å². The molecule has 35 heavy (non-hydrogen) atoms. The number of ether oxygens (including phenoxy) is 1. The Morgan fingerprint density at radius 1 is 1.11 bits per heavy atom. The molecule has 1 saturated carbocycles. The molecule has 7 heteroatoms. The van der Waals surface area contributed by atoms with Crippen LogP contribution in [0.1, 0.15) is 38.2 Å². The number of hydrogen-bond acceptors (Lipinski definition) is 6. The Kier molecular flexibility index (Phi) is 5.85. The van der Waals surface area contributed by atoms with Crippen LogP contribution in [0.15, 0.2) is 53.6 Å². The van der Waals surface area contributed by atoms with Crippen LogP contribution in [0, 0.1) is 5.82 Å². The van der Waals surface area contributed by atoms with E-state index in [9.17, 15) is 9.18 Å². The summed E-state index contributed by atoms with van der Waals surface area (Å²) in [6, 6.07) is 15.4. The Hall–Kier alpha value is -2.77. The SMILES string of the molecule is CC(=O)C1=NN2c3cc(F)ccc3OCC2[C@]1(CCCN1CCN(C2CC2)CC1)c1ccccc1. The highest BCUT2D eigenvalue weighted by Gasteiger charge is 2.55. The Morgan fingerprint density at radius 2 is 1.89 bits per heavy atom. The van der Waals surface area contributed by atoms with Gasteiger partial charge in [-0.3, -0.25) is 14.7 Å². The summed E-state index contributed by atoms with van der Waals surface area (Å²) in [5.74, 6) is 0.223. The molecule has 0 bridgehead atoms. The first kappa shape index (κ1) is 22.7. The van der Waals surface area contributed by atoms with E-state index in [2.05, 4.69) is 21.9 Å². The summed E-state index contributed by atoms with van der Waals surface area (Å²) in [4.78, 5) is 18.2. The minimum Gasteiger partial charge on any atom is -0.489 e. The Morgan fingerprint density at radius 3 is 2.60 bits per heavy atom. The van der Waals surface area contributed by atoms with E-state index in [0.717, 1.165) is 57.2 Å². The lowest BCUT2D eigenvalue weighted by molar-refractivity contribution is -0.111. The van der Waals surface area contributed by atoms with Crippen molar-refractivity contribution in [3.63, 3.8) is 0 Å². The first-order valence-electron chi connectivity index (χ1n) is 12.9. The van der Waals surface area contributed by atoms with Gasteiger partial charge in [0.2, 0.25) is 0 Å². The summed E-state index contributed by atoms with van der Waals surface area (Å²) < 4.78 is 20.3. The molecule has 1 unspecified atom stereocenters. The monoisotopic (exact) mass is 476 g/mol. The van der Waals surface area contributed by atoms with Crippen molar-refractivity contribution in [3.8, 4) is 5.75 Å². The van der Waals surface area contributed by atoms with Gasteiger partial charge in [0.05, 0.1) is 5.41 Å².